The molecule has 22 heavy (non-hydrogen) atoms. The lowest BCUT2D eigenvalue weighted by atomic mass is 10.3. The zero-order valence-corrected chi connectivity index (χ0v) is 12.2. The molecule has 0 aliphatic carbocycles. The van der Waals surface area contributed by atoms with Crippen LogP contribution in [0.2, 0.25) is 0 Å². The topological polar surface area (TPSA) is 56.3 Å². The van der Waals surface area contributed by atoms with Crippen LogP contribution in [-0.2, 0) is 0 Å². The van der Waals surface area contributed by atoms with Crippen LogP contribution in [0.3, 0.4) is 0 Å². The van der Waals surface area contributed by atoms with Crippen molar-refractivity contribution in [1.82, 2.24) is 9.97 Å². The van der Waals surface area contributed by atoms with E-state index >= 15 is 0 Å². The van der Waals surface area contributed by atoms with Gasteiger partial charge in [-0.1, -0.05) is 0 Å². The summed E-state index contributed by atoms with van der Waals surface area (Å²) in [6.45, 7) is 0. The molecule has 0 unspecified atom stereocenters. The first-order chi connectivity index (χ1) is 10.8. The van der Waals surface area contributed by atoms with Gasteiger partial charge < -0.3 is 9.47 Å². The van der Waals surface area contributed by atoms with E-state index in [1.54, 1.807) is 61.2 Å². The van der Waals surface area contributed by atoms with E-state index < -0.39 is 0 Å². The predicted octanol–water partition coefficient (Wildman–Crippen LogP) is 4.63. The number of rotatable bonds is 5. The molecule has 3 rings (SSSR count). The molecule has 0 spiro atoms. The fourth-order valence-corrected chi connectivity index (χ4v) is 1.96. The van der Waals surface area contributed by atoms with Gasteiger partial charge in [-0.3, -0.25) is 14.8 Å². The monoisotopic (exact) mass is 313 g/mol. The second-order valence-corrected chi connectivity index (χ2v) is 4.52. The molecule has 1 N–H and O–H groups in total. The van der Waals surface area contributed by atoms with E-state index in [0.717, 1.165) is 0 Å². The van der Waals surface area contributed by atoms with Gasteiger partial charge in [-0.25, -0.2) is 0 Å². The van der Waals surface area contributed by atoms with Crippen molar-refractivity contribution in [1.29, 1.82) is 0 Å². The van der Waals surface area contributed by atoms with Crippen LogP contribution < -0.4 is 14.3 Å². The summed E-state index contributed by atoms with van der Waals surface area (Å²) in [4.78, 5) is 10.6. The van der Waals surface area contributed by atoms with Gasteiger partial charge in [0, 0.05) is 30.2 Å². The zero-order valence-electron chi connectivity index (χ0n) is 11.4. The quantitative estimate of drug-likeness (QED) is 0.696. The van der Waals surface area contributed by atoms with Crippen molar-refractivity contribution in [2.24, 2.45) is 0 Å². The van der Waals surface area contributed by atoms with Gasteiger partial charge in [-0.2, -0.15) is 0 Å². The molecule has 0 aliphatic rings. The van der Waals surface area contributed by atoms with Gasteiger partial charge in [0.1, 0.15) is 17.2 Å². The Morgan fingerprint density at radius 3 is 2.09 bits per heavy atom. The van der Waals surface area contributed by atoms with E-state index in [4.69, 9.17) is 21.3 Å². The molecule has 5 nitrogen and oxygen atoms in total. The molecule has 0 amide bonds. The molecular formula is C16H12ClN3O2. The molecule has 2 aromatic heterocycles. The minimum absolute atomic E-state index is 0.532. The number of benzene rings is 1. The molecule has 2 heterocycles. The van der Waals surface area contributed by atoms with Crippen LogP contribution in [0, 0.1) is 0 Å². The van der Waals surface area contributed by atoms with Crippen molar-refractivity contribution in [2.45, 2.75) is 0 Å². The largest absolute Gasteiger partial charge is 0.456 e. The van der Waals surface area contributed by atoms with E-state index in [9.17, 15) is 0 Å². The average molecular weight is 314 g/mol. The highest BCUT2D eigenvalue weighted by molar-refractivity contribution is 6.24. The lowest BCUT2D eigenvalue weighted by Gasteiger charge is -2.12. The number of nitrogens with one attached hydrogen (secondary N) is 1. The number of hydrogen-bond donors (Lipinski definition) is 1. The highest BCUT2D eigenvalue weighted by Crippen LogP contribution is 2.34. The Morgan fingerprint density at radius 2 is 1.50 bits per heavy atom. The fourth-order valence-electron chi connectivity index (χ4n) is 1.81. The summed E-state index contributed by atoms with van der Waals surface area (Å²) in [6, 6.07) is 12.5. The summed E-state index contributed by atoms with van der Waals surface area (Å²) in [5, 5.41) is 0. The molecule has 0 bridgehead atoms. The number of aromatic nitrogens is 2. The van der Waals surface area contributed by atoms with E-state index in [1.807, 2.05) is 6.07 Å². The Hall–Kier alpha value is -2.79. The summed E-state index contributed by atoms with van der Waals surface area (Å²) in [5.41, 5.74) is 0.629. The summed E-state index contributed by atoms with van der Waals surface area (Å²) in [6.07, 6.45) is 6.61. The Morgan fingerprint density at radius 1 is 0.818 bits per heavy atom. The van der Waals surface area contributed by atoms with Gasteiger partial charge in [0.05, 0.1) is 18.1 Å². The van der Waals surface area contributed by atoms with E-state index in [2.05, 4.69) is 14.8 Å². The van der Waals surface area contributed by atoms with Crippen LogP contribution in [0.5, 0.6) is 23.0 Å². The molecule has 0 fully saturated rings. The molecule has 0 aliphatic heterocycles. The molecule has 0 radical (unpaired) electrons. The van der Waals surface area contributed by atoms with Crippen molar-refractivity contribution in [3.63, 3.8) is 0 Å². The fraction of sp³-hybridized carbons (Fsp3) is 0. The van der Waals surface area contributed by atoms with E-state index in [-0.39, 0.29) is 0 Å². The van der Waals surface area contributed by atoms with Crippen LogP contribution in [-0.4, -0.2) is 9.97 Å². The molecule has 0 saturated carbocycles. The lowest BCUT2D eigenvalue weighted by Crippen LogP contribution is -1.92. The smallest absolute Gasteiger partial charge is 0.155 e. The summed E-state index contributed by atoms with van der Waals surface area (Å²) in [5.74, 6) is 2.39. The number of halogens is 1. The molecule has 1 aromatic carbocycles. The third kappa shape index (κ3) is 3.45. The number of anilines is 1. The van der Waals surface area contributed by atoms with Crippen LogP contribution in [0.25, 0.3) is 0 Å². The zero-order chi connectivity index (χ0) is 15.2. The van der Waals surface area contributed by atoms with Gasteiger partial charge in [0.25, 0.3) is 0 Å². The maximum Gasteiger partial charge on any atom is 0.155 e. The first-order valence-corrected chi connectivity index (χ1v) is 6.89. The minimum Gasteiger partial charge on any atom is -0.456 e. The lowest BCUT2D eigenvalue weighted by molar-refractivity contribution is 0.459. The third-order valence-corrected chi connectivity index (χ3v) is 2.99. The highest BCUT2D eigenvalue weighted by atomic mass is 35.5. The predicted molar refractivity (Wildman–Crippen MR) is 84.5 cm³/mol. The van der Waals surface area contributed by atoms with Gasteiger partial charge >= 0.3 is 0 Å². The van der Waals surface area contributed by atoms with E-state index in [0.29, 0.717) is 28.7 Å². The summed E-state index contributed by atoms with van der Waals surface area (Å²) in [7, 11) is 0. The Balaban J connectivity index is 1.86. The summed E-state index contributed by atoms with van der Waals surface area (Å²) < 4.78 is 11.5. The Bertz CT molecular complexity index is 739. The number of pyridine rings is 2. The van der Waals surface area contributed by atoms with Crippen LogP contribution >= 0.6 is 11.8 Å². The Labute approximate surface area is 132 Å². The second kappa shape index (κ2) is 6.78. The Kier molecular flexibility index (Phi) is 4.36. The number of ether oxygens (including phenoxy) is 2. The first kappa shape index (κ1) is 14.2. The van der Waals surface area contributed by atoms with Crippen LogP contribution in [0.4, 0.5) is 5.69 Å². The van der Waals surface area contributed by atoms with Gasteiger partial charge in [0.15, 0.2) is 5.75 Å². The molecular weight excluding hydrogens is 302 g/mol. The highest BCUT2D eigenvalue weighted by Gasteiger charge is 2.08. The van der Waals surface area contributed by atoms with Gasteiger partial charge in [-0.15, -0.1) is 0 Å². The molecule has 110 valence electrons. The van der Waals surface area contributed by atoms with Crippen molar-refractivity contribution in [3.8, 4) is 23.0 Å². The normalized spacial score (nSPS) is 10.0. The first-order valence-electron chi connectivity index (χ1n) is 6.51. The van der Waals surface area contributed by atoms with Gasteiger partial charge in [0.2, 0.25) is 0 Å². The standard InChI is InChI=1S/C16H12ClN3O2/c17-20-15-6-5-12(21-13-3-1-7-18-10-13)9-16(15)22-14-4-2-8-19-11-14/h1-11,20H. The maximum absolute atomic E-state index is 5.77. The second-order valence-electron chi connectivity index (χ2n) is 4.33. The van der Waals surface area contributed by atoms with E-state index in [1.165, 1.54) is 0 Å². The summed E-state index contributed by atoms with van der Waals surface area (Å²) >= 11 is 5.71. The van der Waals surface area contributed by atoms with Crippen LogP contribution in [0.1, 0.15) is 0 Å². The third-order valence-electron chi connectivity index (χ3n) is 2.79. The van der Waals surface area contributed by atoms with Crippen molar-refractivity contribution in [3.05, 3.63) is 67.3 Å². The molecule has 0 atom stereocenters. The van der Waals surface area contributed by atoms with Crippen LogP contribution in [0.15, 0.2) is 67.3 Å². The minimum atomic E-state index is 0.532. The van der Waals surface area contributed by atoms with Gasteiger partial charge in [-0.05, 0) is 36.4 Å². The SMILES string of the molecule is ClNc1ccc(Oc2cccnc2)cc1Oc1cccnc1. The molecule has 6 heteroatoms. The average Bonchev–Trinajstić information content (AvgIpc) is 2.57. The number of hydrogen-bond acceptors (Lipinski definition) is 5. The number of nitrogens with zero attached hydrogens (tertiary/aromatic N) is 2. The van der Waals surface area contributed by atoms with Crippen molar-refractivity contribution in [2.75, 3.05) is 4.84 Å². The molecule has 0 saturated heterocycles. The van der Waals surface area contributed by atoms with Crippen molar-refractivity contribution < 1.29 is 9.47 Å². The maximum atomic E-state index is 5.77. The van der Waals surface area contributed by atoms with Crippen molar-refractivity contribution >= 4 is 17.5 Å². The molecule has 3 aromatic rings.